The first-order valence-electron chi connectivity index (χ1n) is 7.13. The van der Waals surface area contributed by atoms with Crippen LogP contribution < -0.4 is 5.32 Å². The predicted molar refractivity (Wildman–Crippen MR) is 77.7 cm³/mol. The molecule has 0 heterocycles. The van der Waals surface area contributed by atoms with Crippen LogP contribution in [0, 0.1) is 10.1 Å². The highest BCUT2D eigenvalue weighted by Crippen LogP contribution is 2.35. The van der Waals surface area contributed by atoms with Gasteiger partial charge in [-0.05, 0) is 31.2 Å². The van der Waals surface area contributed by atoms with Gasteiger partial charge in [0.25, 0.3) is 5.69 Å². The summed E-state index contributed by atoms with van der Waals surface area (Å²) < 4.78 is 5.60. The van der Waals surface area contributed by atoms with Crippen molar-refractivity contribution in [1.82, 2.24) is 5.32 Å². The summed E-state index contributed by atoms with van der Waals surface area (Å²) >= 11 is 0. The van der Waals surface area contributed by atoms with E-state index >= 15 is 0 Å². The second kappa shape index (κ2) is 6.33. The topological polar surface area (TPSA) is 64.4 Å². The molecule has 0 bridgehead atoms. The zero-order valence-electron chi connectivity index (χ0n) is 12.1. The van der Waals surface area contributed by atoms with Gasteiger partial charge < -0.3 is 10.1 Å². The molecule has 5 heteroatoms. The predicted octanol–water partition coefficient (Wildman–Crippen LogP) is 3.20. The Morgan fingerprint density at radius 1 is 1.50 bits per heavy atom. The van der Waals surface area contributed by atoms with Crippen molar-refractivity contribution < 1.29 is 9.66 Å². The molecule has 0 saturated heterocycles. The molecule has 1 fully saturated rings. The number of rotatable bonds is 7. The first-order valence-corrected chi connectivity index (χ1v) is 7.13. The number of hydrogen-bond donors (Lipinski definition) is 1. The third kappa shape index (κ3) is 3.16. The normalized spacial score (nSPS) is 18.3. The summed E-state index contributed by atoms with van der Waals surface area (Å²) in [6.45, 7) is 2.88. The summed E-state index contributed by atoms with van der Waals surface area (Å²) in [7, 11) is 1.76. The van der Waals surface area contributed by atoms with Crippen molar-refractivity contribution in [3.8, 4) is 0 Å². The average Bonchev–Trinajstić information content (AvgIpc) is 2.42. The minimum atomic E-state index is -0.348. The van der Waals surface area contributed by atoms with E-state index in [1.165, 1.54) is 12.5 Å². The fourth-order valence-corrected chi connectivity index (χ4v) is 2.69. The van der Waals surface area contributed by atoms with Crippen LogP contribution in [-0.4, -0.2) is 24.2 Å². The van der Waals surface area contributed by atoms with Gasteiger partial charge in [-0.2, -0.15) is 0 Å². The highest BCUT2D eigenvalue weighted by Gasteiger charge is 2.37. The molecule has 110 valence electrons. The van der Waals surface area contributed by atoms with E-state index in [0.29, 0.717) is 0 Å². The van der Waals surface area contributed by atoms with Crippen molar-refractivity contribution in [2.75, 3.05) is 13.7 Å². The van der Waals surface area contributed by atoms with E-state index < -0.39 is 0 Å². The highest BCUT2D eigenvalue weighted by molar-refractivity contribution is 5.35. The lowest BCUT2D eigenvalue weighted by Gasteiger charge is -2.41. The molecule has 0 radical (unpaired) electrons. The Balaban J connectivity index is 2.04. The summed E-state index contributed by atoms with van der Waals surface area (Å²) in [5.41, 5.74) is 1.08. The van der Waals surface area contributed by atoms with E-state index in [4.69, 9.17) is 4.74 Å². The zero-order chi connectivity index (χ0) is 14.6. The monoisotopic (exact) mass is 278 g/mol. The van der Waals surface area contributed by atoms with Gasteiger partial charge in [-0.3, -0.25) is 10.1 Å². The van der Waals surface area contributed by atoms with Gasteiger partial charge in [-0.15, -0.1) is 0 Å². The van der Waals surface area contributed by atoms with Crippen molar-refractivity contribution in [1.29, 1.82) is 0 Å². The van der Waals surface area contributed by atoms with Crippen molar-refractivity contribution >= 4 is 5.69 Å². The number of ether oxygens (including phenoxy) is 1. The third-order valence-electron chi connectivity index (χ3n) is 4.26. The minimum Gasteiger partial charge on any atom is -0.377 e. The fraction of sp³-hybridized carbons (Fsp3) is 0.600. The molecule has 1 aromatic rings. The summed E-state index contributed by atoms with van der Waals surface area (Å²) in [5, 5.41) is 14.3. The Hall–Kier alpha value is -1.46. The van der Waals surface area contributed by atoms with Gasteiger partial charge in [0.15, 0.2) is 0 Å². The number of non-ortho nitro benzene ring substituents is 1. The lowest BCUT2D eigenvalue weighted by Crippen LogP contribution is -2.48. The molecule has 1 aliphatic carbocycles. The summed E-state index contributed by atoms with van der Waals surface area (Å²) in [5.74, 6) is 0. The van der Waals surface area contributed by atoms with Crippen LogP contribution in [0.4, 0.5) is 5.69 Å². The van der Waals surface area contributed by atoms with Crippen LogP contribution in [0.5, 0.6) is 0 Å². The third-order valence-corrected chi connectivity index (χ3v) is 4.26. The molecule has 20 heavy (non-hydrogen) atoms. The van der Waals surface area contributed by atoms with Crippen molar-refractivity contribution in [2.24, 2.45) is 0 Å². The number of nitro groups is 1. The van der Waals surface area contributed by atoms with Crippen LogP contribution >= 0.6 is 0 Å². The van der Waals surface area contributed by atoms with Crippen LogP contribution in [0.15, 0.2) is 24.3 Å². The van der Waals surface area contributed by atoms with Gasteiger partial charge in [-0.1, -0.05) is 19.1 Å². The largest absolute Gasteiger partial charge is 0.377 e. The highest BCUT2D eigenvalue weighted by atomic mass is 16.6. The molecule has 1 saturated carbocycles. The number of hydrogen-bond acceptors (Lipinski definition) is 4. The first-order chi connectivity index (χ1) is 9.60. The fourth-order valence-electron chi connectivity index (χ4n) is 2.69. The number of nitrogens with zero attached hydrogens (tertiary/aromatic N) is 1. The van der Waals surface area contributed by atoms with E-state index in [1.807, 2.05) is 6.07 Å². The molecule has 2 rings (SSSR count). The molecular weight excluding hydrogens is 256 g/mol. The second-order valence-electron chi connectivity index (χ2n) is 5.43. The van der Waals surface area contributed by atoms with Crippen LogP contribution in [0.25, 0.3) is 0 Å². The van der Waals surface area contributed by atoms with E-state index in [1.54, 1.807) is 19.2 Å². The van der Waals surface area contributed by atoms with Gasteiger partial charge in [0.1, 0.15) is 0 Å². The standard InChI is InChI=1S/C15H22N2O3/c1-3-14(16-11-15(20-2)8-5-9-15)12-6-4-7-13(10-12)17(18)19/h4,6-7,10,14,16H,3,5,8-9,11H2,1-2H3. The van der Waals surface area contributed by atoms with Gasteiger partial charge in [0.05, 0.1) is 10.5 Å². The SMILES string of the molecule is CCC(NCC1(OC)CCC1)c1cccc([N+](=O)[O-])c1. The van der Waals surface area contributed by atoms with E-state index in [0.717, 1.165) is 31.4 Å². The molecule has 0 amide bonds. The number of nitro benzene ring substituents is 1. The molecule has 1 atom stereocenters. The van der Waals surface area contributed by atoms with Gasteiger partial charge in [0, 0.05) is 31.8 Å². The molecular formula is C15H22N2O3. The number of methoxy groups -OCH3 is 1. The summed E-state index contributed by atoms with van der Waals surface area (Å²) in [4.78, 5) is 10.5. The van der Waals surface area contributed by atoms with Crippen LogP contribution in [-0.2, 0) is 4.74 Å². The van der Waals surface area contributed by atoms with Gasteiger partial charge >= 0.3 is 0 Å². The van der Waals surface area contributed by atoms with Crippen LogP contribution in [0.2, 0.25) is 0 Å². The summed E-state index contributed by atoms with van der Waals surface area (Å²) in [6.07, 6.45) is 4.27. The molecule has 1 N–H and O–H groups in total. The molecule has 0 aliphatic heterocycles. The van der Waals surface area contributed by atoms with E-state index in [9.17, 15) is 10.1 Å². The maximum Gasteiger partial charge on any atom is 0.269 e. The Bertz CT molecular complexity index is 466. The molecule has 0 aromatic heterocycles. The number of benzene rings is 1. The Labute approximate surface area is 119 Å². The Morgan fingerprint density at radius 2 is 2.25 bits per heavy atom. The van der Waals surface area contributed by atoms with Gasteiger partial charge in [-0.25, -0.2) is 0 Å². The van der Waals surface area contributed by atoms with Crippen molar-refractivity contribution in [2.45, 2.75) is 44.2 Å². The summed E-state index contributed by atoms with van der Waals surface area (Å²) in [6, 6.07) is 6.99. The lowest BCUT2D eigenvalue weighted by molar-refractivity contribution is -0.384. The van der Waals surface area contributed by atoms with Crippen LogP contribution in [0.1, 0.15) is 44.2 Å². The maximum absolute atomic E-state index is 10.8. The smallest absolute Gasteiger partial charge is 0.269 e. The minimum absolute atomic E-state index is 0.0336. The lowest BCUT2D eigenvalue weighted by atomic mass is 9.79. The van der Waals surface area contributed by atoms with Crippen molar-refractivity contribution in [3.05, 3.63) is 39.9 Å². The molecule has 5 nitrogen and oxygen atoms in total. The average molecular weight is 278 g/mol. The quantitative estimate of drug-likeness (QED) is 0.614. The molecule has 1 unspecified atom stereocenters. The molecule has 1 aromatic carbocycles. The zero-order valence-corrected chi connectivity index (χ0v) is 12.1. The van der Waals surface area contributed by atoms with Gasteiger partial charge in [0.2, 0.25) is 0 Å². The Kier molecular flexibility index (Phi) is 4.73. The number of nitrogens with one attached hydrogen (secondary N) is 1. The first kappa shape index (κ1) is 14.9. The second-order valence-corrected chi connectivity index (χ2v) is 5.43. The van der Waals surface area contributed by atoms with E-state index in [2.05, 4.69) is 12.2 Å². The van der Waals surface area contributed by atoms with E-state index in [-0.39, 0.29) is 22.3 Å². The Morgan fingerprint density at radius 3 is 2.75 bits per heavy atom. The molecule has 0 spiro atoms. The van der Waals surface area contributed by atoms with Crippen LogP contribution in [0.3, 0.4) is 0 Å². The molecule has 1 aliphatic rings. The van der Waals surface area contributed by atoms with Crippen molar-refractivity contribution in [3.63, 3.8) is 0 Å². The maximum atomic E-state index is 10.8.